The summed E-state index contributed by atoms with van der Waals surface area (Å²) in [6.45, 7) is 1.68. The zero-order valence-corrected chi connectivity index (χ0v) is 16.0. The molecule has 3 nitrogen and oxygen atoms in total. The van der Waals surface area contributed by atoms with Gasteiger partial charge in [0.2, 0.25) is 5.91 Å². The quantitative estimate of drug-likeness (QED) is 0.728. The lowest BCUT2D eigenvalue weighted by Gasteiger charge is -2.37. The third-order valence-electron chi connectivity index (χ3n) is 4.81. The Hall–Kier alpha value is -1.98. The third-order valence-corrected chi connectivity index (χ3v) is 5.53. The van der Waals surface area contributed by atoms with E-state index in [1.165, 1.54) is 12.1 Å². The van der Waals surface area contributed by atoms with Crippen molar-refractivity contribution in [3.63, 3.8) is 0 Å². The molecule has 0 spiro atoms. The first-order valence-electron chi connectivity index (χ1n) is 8.63. The average Bonchev–Trinajstić information content (AvgIpc) is 2.66. The smallest absolute Gasteiger partial charge is 0.244 e. The van der Waals surface area contributed by atoms with Crippen molar-refractivity contribution >= 4 is 27.9 Å². The molecule has 0 radical (unpaired) electrons. The molecule has 0 bridgehead atoms. The van der Waals surface area contributed by atoms with Crippen molar-refractivity contribution in [2.24, 2.45) is 0 Å². The standard InChI is InChI=1S/C21H21BrFNO2/c22-19-7-2-1-4-16(19)8-9-20(25)24-15-21(10-12-26-13-11-21)17-5-3-6-18(23)14-17/h1-9,14H,10-13,15H2,(H,24,25)/b9-8+. The molecular weight excluding hydrogens is 397 g/mol. The molecular formula is C21H21BrFNO2. The topological polar surface area (TPSA) is 38.3 Å². The highest BCUT2D eigenvalue weighted by Gasteiger charge is 2.34. The highest BCUT2D eigenvalue weighted by atomic mass is 79.9. The fourth-order valence-corrected chi connectivity index (χ4v) is 3.66. The van der Waals surface area contributed by atoms with Crippen molar-refractivity contribution in [1.29, 1.82) is 0 Å². The zero-order chi connectivity index (χ0) is 18.4. The van der Waals surface area contributed by atoms with Crippen LogP contribution in [0.5, 0.6) is 0 Å². The first kappa shape index (κ1) is 18.8. The summed E-state index contributed by atoms with van der Waals surface area (Å²) in [6, 6.07) is 14.4. The second kappa shape index (κ2) is 8.60. The molecule has 5 heteroatoms. The minimum absolute atomic E-state index is 0.164. The predicted octanol–water partition coefficient (Wildman–Crippen LogP) is 4.47. The van der Waals surface area contributed by atoms with Crippen LogP contribution in [0, 0.1) is 5.82 Å². The summed E-state index contributed by atoms with van der Waals surface area (Å²) in [6.07, 6.45) is 4.81. The highest BCUT2D eigenvalue weighted by Crippen LogP contribution is 2.34. The molecule has 0 unspecified atom stereocenters. The molecule has 1 fully saturated rings. The Morgan fingerprint density at radius 2 is 1.96 bits per heavy atom. The van der Waals surface area contributed by atoms with E-state index in [1.807, 2.05) is 30.3 Å². The van der Waals surface area contributed by atoms with Gasteiger partial charge in [0, 0.05) is 35.7 Å². The minimum Gasteiger partial charge on any atom is -0.381 e. The predicted molar refractivity (Wildman–Crippen MR) is 104 cm³/mol. The highest BCUT2D eigenvalue weighted by molar-refractivity contribution is 9.10. The fourth-order valence-electron chi connectivity index (χ4n) is 3.24. The molecule has 3 rings (SSSR count). The van der Waals surface area contributed by atoms with Gasteiger partial charge in [-0.25, -0.2) is 4.39 Å². The van der Waals surface area contributed by atoms with Crippen LogP contribution < -0.4 is 5.32 Å². The first-order valence-corrected chi connectivity index (χ1v) is 9.43. The second-order valence-corrected chi connectivity index (χ2v) is 7.33. The Bertz CT molecular complexity index is 800. The van der Waals surface area contributed by atoms with Crippen LogP contribution in [0.2, 0.25) is 0 Å². The van der Waals surface area contributed by atoms with Gasteiger partial charge >= 0.3 is 0 Å². The van der Waals surface area contributed by atoms with Gasteiger partial charge in [-0.1, -0.05) is 46.3 Å². The molecule has 1 N–H and O–H groups in total. The van der Waals surface area contributed by atoms with Crippen molar-refractivity contribution < 1.29 is 13.9 Å². The van der Waals surface area contributed by atoms with Gasteiger partial charge in [-0.05, 0) is 48.2 Å². The Kier molecular flexibility index (Phi) is 6.22. The van der Waals surface area contributed by atoms with Crippen LogP contribution in [-0.4, -0.2) is 25.7 Å². The lowest BCUT2D eigenvalue weighted by Crippen LogP contribution is -2.44. The zero-order valence-electron chi connectivity index (χ0n) is 14.4. The van der Waals surface area contributed by atoms with Crippen LogP contribution >= 0.6 is 15.9 Å². The number of carbonyl (C=O) groups excluding carboxylic acids is 1. The van der Waals surface area contributed by atoms with Crippen molar-refractivity contribution in [1.82, 2.24) is 5.32 Å². The molecule has 2 aromatic carbocycles. The van der Waals surface area contributed by atoms with Crippen LogP contribution in [0.4, 0.5) is 4.39 Å². The Labute approximate surface area is 161 Å². The van der Waals surface area contributed by atoms with Crippen LogP contribution in [0.25, 0.3) is 6.08 Å². The minimum atomic E-state index is -0.294. The Morgan fingerprint density at radius 1 is 1.19 bits per heavy atom. The number of ether oxygens (including phenoxy) is 1. The van der Waals surface area contributed by atoms with Gasteiger partial charge in [-0.3, -0.25) is 4.79 Å². The number of hydrogen-bond donors (Lipinski definition) is 1. The lowest BCUT2D eigenvalue weighted by atomic mass is 9.74. The summed E-state index contributed by atoms with van der Waals surface area (Å²) < 4.78 is 20.1. The van der Waals surface area contributed by atoms with Crippen LogP contribution in [0.1, 0.15) is 24.0 Å². The maximum absolute atomic E-state index is 13.7. The fraction of sp³-hybridized carbons (Fsp3) is 0.286. The SMILES string of the molecule is O=C(/C=C/c1ccccc1Br)NCC1(c2cccc(F)c2)CCOCC1. The van der Waals surface area contributed by atoms with Crippen LogP contribution in [0.3, 0.4) is 0 Å². The van der Waals surface area contributed by atoms with E-state index in [4.69, 9.17) is 4.74 Å². The number of amides is 1. The van der Waals surface area contributed by atoms with Crippen molar-refractivity contribution in [2.75, 3.05) is 19.8 Å². The summed E-state index contributed by atoms with van der Waals surface area (Å²) in [5.41, 5.74) is 1.56. The van der Waals surface area contributed by atoms with E-state index in [1.54, 1.807) is 18.2 Å². The normalized spacial score (nSPS) is 16.5. The number of nitrogens with one attached hydrogen (secondary N) is 1. The molecule has 0 aliphatic carbocycles. The summed E-state index contributed by atoms with van der Waals surface area (Å²) in [5, 5.41) is 2.98. The Morgan fingerprint density at radius 3 is 2.69 bits per heavy atom. The van der Waals surface area contributed by atoms with Gasteiger partial charge in [0.05, 0.1) is 0 Å². The van der Waals surface area contributed by atoms with E-state index in [-0.39, 0.29) is 17.1 Å². The maximum Gasteiger partial charge on any atom is 0.244 e. The number of benzene rings is 2. The van der Waals surface area contributed by atoms with Crippen LogP contribution in [0.15, 0.2) is 59.1 Å². The molecule has 26 heavy (non-hydrogen) atoms. The molecule has 2 aromatic rings. The molecule has 0 saturated carbocycles. The molecule has 136 valence electrons. The second-order valence-electron chi connectivity index (χ2n) is 6.48. The van der Waals surface area contributed by atoms with Crippen molar-refractivity contribution in [2.45, 2.75) is 18.3 Å². The van der Waals surface area contributed by atoms with E-state index >= 15 is 0 Å². The number of carbonyl (C=O) groups is 1. The molecule has 1 aliphatic heterocycles. The van der Waals surface area contributed by atoms with E-state index in [0.717, 1.165) is 28.4 Å². The summed E-state index contributed by atoms with van der Waals surface area (Å²) in [4.78, 5) is 12.3. The monoisotopic (exact) mass is 417 g/mol. The van der Waals surface area contributed by atoms with Gasteiger partial charge in [0.25, 0.3) is 0 Å². The average molecular weight is 418 g/mol. The van der Waals surface area contributed by atoms with E-state index in [0.29, 0.717) is 19.8 Å². The largest absolute Gasteiger partial charge is 0.381 e. The number of rotatable bonds is 5. The van der Waals surface area contributed by atoms with Gasteiger partial charge in [0.1, 0.15) is 5.82 Å². The molecule has 1 heterocycles. The van der Waals surface area contributed by atoms with Crippen LogP contribution in [-0.2, 0) is 14.9 Å². The van der Waals surface area contributed by atoms with Crippen molar-refractivity contribution in [3.05, 3.63) is 76.0 Å². The van der Waals surface area contributed by atoms with E-state index < -0.39 is 0 Å². The summed E-state index contributed by atoms with van der Waals surface area (Å²) >= 11 is 3.46. The summed E-state index contributed by atoms with van der Waals surface area (Å²) in [7, 11) is 0. The maximum atomic E-state index is 13.7. The Balaban J connectivity index is 1.70. The molecule has 1 amide bonds. The molecule has 0 aromatic heterocycles. The van der Waals surface area contributed by atoms with Gasteiger partial charge < -0.3 is 10.1 Å². The van der Waals surface area contributed by atoms with Gasteiger partial charge in [0.15, 0.2) is 0 Å². The molecule has 0 atom stereocenters. The van der Waals surface area contributed by atoms with Gasteiger partial charge in [-0.2, -0.15) is 0 Å². The van der Waals surface area contributed by atoms with E-state index in [9.17, 15) is 9.18 Å². The van der Waals surface area contributed by atoms with Gasteiger partial charge in [-0.15, -0.1) is 0 Å². The first-order chi connectivity index (χ1) is 12.6. The summed E-state index contributed by atoms with van der Waals surface area (Å²) in [5.74, 6) is -0.420. The number of hydrogen-bond acceptors (Lipinski definition) is 2. The molecule has 1 saturated heterocycles. The van der Waals surface area contributed by atoms with Crippen molar-refractivity contribution in [3.8, 4) is 0 Å². The van der Waals surface area contributed by atoms with E-state index in [2.05, 4.69) is 21.2 Å². The lowest BCUT2D eigenvalue weighted by molar-refractivity contribution is -0.116. The third kappa shape index (κ3) is 4.59. The number of halogens is 2. The molecule has 1 aliphatic rings.